The van der Waals surface area contributed by atoms with E-state index in [2.05, 4.69) is 32.5 Å². The summed E-state index contributed by atoms with van der Waals surface area (Å²) in [7, 11) is 0. The fraction of sp³-hybridized carbons (Fsp3) is 0.455. The van der Waals surface area contributed by atoms with Gasteiger partial charge in [-0.25, -0.2) is 0 Å². The first-order chi connectivity index (χ1) is 20.7. The molecular weight excluding hydrogens is 566 g/mol. The second-order valence-electron chi connectivity index (χ2n) is 11.6. The number of benzene rings is 2. The van der Waals surface area contributed by atoms with E-state index in [9.17, 15) is 14.4 Å². The first kappa shape index (κ1) is 32.1. The number of carbonyl (C=O) groups excluding carboxylic acids is 3. The highest BCUT2D eigenvalue weighted by Crippen LogP contribution is 2.34. The van der Waals surface area contributed by atoms with Crippen molar-refractivity contribution in [2.45, 2.75) is 89.9 Å². The largest absolute Gasteiger partial charge is 0.363 e. The SMILES string of the molecule is CC[C@H](NC(=O)c1ccc(CNc2ccon2)cc1)C(=O)N[C@@H](CC(C)C)C(=O)NC1CCCC[C@H]1c1cccc(Cl)c1. The van der Waals surface area contributed by atoms with E-state index < -0.39 is 12.1 Å². The Bertz CT molecular complexity index is 1350. The van der Waals surface area contributed by atoms with Gasteiger partial charge in [0.05, 0.1) is 0 Å². The molecule has 1 aliphatic carbocycles. The Labute approximate surface area is 258 Å². The molecule has 1 aromatic heterocycles. The highest BCUT2D eigenvalue weighted by molar-refractivity contribution is 6.30. The molecule has 1 unspecified atom stereocenters. The Morgan fingerprint density at radius 1 is 0.977 bits per heavy atom. The number of nitrogens with one attached hydrogen (secondary N) is 4. The number of aromatic nitrogens is 1. The minimum atomic E-state index is -0.780. The quantitative estimate of drug-likeness (QED) is 0.194. The van der Waals surface area contributed by atoms with Crippen LogP contribution in [0.15, 0.2) is 65.4 Å². The van der Waals surface area contributed by atoms with Gasteiger partial charge in [-0.1, -0.05) is 74.6 Å². The highest BCUT2D eigenvalue weighted by atomic mass is 35.5. The van der Waals surface area contributed by atoms with Crippen molar-refractivity contribution in [3.63, 3.8) is 0 Å². The van der Waals surface area contributed by atoms with Crippen molar-refractivity contribution in [1.82, 2.24) is 21.1 Å². The summed E-state index contributed by atoms with van der Waals surface area (Å²) in [6.07, 6.45) is 6.32. The molecule has 0 radical (unpaired) electrons. The van der Waals surface area contributed by atoms with E-state index in [1.54, 1.807) is 18.2 Å². The topological polar surface area (TPSA) is 125 Å². The van der Waals surface area contributed by atoms with Gasteiger partial charge in [0.1, 0.15) is 18.3 Å². The maximum absolute atomic E-state index is 13.6. The molecule has 10 heteroatoms. The number of amides is 3. The minimum Gasteiger partial charge on any atom is -0.363 e. The van der Waals surface area contributed by atoms with Crippen LogP contribution in [0.1, 0.15) is 86.7 Å². The van der Waals surface area contributed by atoms with Gasteiger partial charge in [0, 0.05) is 35.2 Å². The lowest BCUT2D eigenvalue weighted by atomic mass is 9.80. The van der Waals surface area contributed by atoms with Crippen LogP contribution in [0.4, 0.5) is 5.82 Å². The van der Waals surface area contributed by atoms with E-state index in [0.717, 1.165) is 36.8 Å². The van der Waals surface area contributed by atoms with Crippen LogP contribution < -0.4 is 21.3 Å². The molecule has 43 heavy (non-hydrogen) atoms. The first-order valence-electron chi connectivity index (χ1n) is 15.1. The Morgan fingerprint density at radius 2 is 1.74 bits per heavy atom. The number of anilines is 1. The maximum Gasteiger partial charge on any atom is 0.251 e. The lowest BCUT2D eigenvalue weighted by Gasteiger charge is -2.34. The zero-order valence-electron chi connectivity index (χ0n) is 25.1. The van der Waals surface area contributed by atoms with Crippen LogP contribution in [0.3, 0.4) is 0 Å². The van der Waals surface area contributed by atoms with Crippen LogP contribution in [-0.4, -0.2) is 41.0 Å². The van der Waals surface area contributed by atoms with Crippen LogP contribution >= 0.6 is 11.6 Å². The Kier molecular flexibility index (Phi) is 11.6. The standard InChI is InChI=1S/C33H42ClN5O4/c1-4-27(36-31(40)23-14-12-22(13-15-23)20-35-30-16-17-43-39-30)32(41)38-29(18-21(2)3)33(42)37-28-11-6-5-10-26(28)24-8-7-9-25(34)19-24/h7-9,12-17,19,21,26-29H,4-6,10-11,18,20H2,1-3H3,(H,35,39)(H,36,40)(H,37,42)(H,38,41)/t26-,27-,28?,29-/m0/s1. The molecule has 1 fully saturated rings. The maximum atomic E-state index is 13.6. The monoisotopic (exact) mass is 607 g/mol. The zero-order valence-corrected chi connectivity index (χ0v) is 25.8. The Morgan fingerprint density at radius 3 is 2.42 bits per heavy atom. The third kappa shape index (κ3) is 9.32. The molecule has 3 amide bonds. The third-order valence-electron chi connectivity index (χ3n) is 7.87. The number of halogens is 1. The number of hydrogen-bond acceptors (Lipinski definition) is 6. The van der Waals surface area contributed by atoms with Crippen LogP contribution in [0.2, 0.25) is 5.02 Å². The van der Waals surface area contributed by atoms with Crippen molar-refractivity contribution in [2.24, 2.45) is 5.92 Å². The summed E-state index contributed by atoms with van der Waals surface area (Å²) in [4.78, 5) is 40.0. The fourth-order valence-electron chi connectivity index (χ4n) is 5.56. The fourth-order valence-corrected chi connectivity index (χ4v) is 5.76. The molecule has 9 nitrogen and oxygen atoms in total. The molecular formula is C33H42ClN5O4. The van der Waals surface area contributed by atoms with Crippen molar-refractivity contribution in [1.29, 1.82) is 0 Å². The van der Waals surface area contributed by atoms with E-state index in [4.69, 9.17) is 16.1 Å². The van der Waals surface area contributed by atoms with Gasteiger partial charge in [-0.3, -0.25) is 14.4 Å². The molecule has 0 spiro atoms. The van der Waals surface area contributed by atoms with Crippen molar-refractivity contribution in [3.8, 4) is 0 Å². The van der Waals surface area contributed by atoms with Gasteiger partial charge >= 0.3 is 0 Å². The summed E-state index contributed by atoms with van der Waals surface area (Å²) in [5.74, 6) is 0.0475. The summed E-state index contributed by atoms with van der Waals surface area (Å²) in [6, 6.07) is 15.1. The number of carbonyl (C=O) groups is 3. The summed E-state index contributed by atoms with van der Waals surface area (Å²) in [5, 5.41) is 16.6. The molecule has 4 rings (SSSR count). The Hall–Kier alpha value is -3.85. The molecule has 4 atom stereocenters. The summed E-state index contributed by atoms with van der Waals surface area (Å²) < 4.78 is 4.81. The minimum absolute atomic E-state index is 0.0397. The molecule has 3 aromatic rings. The predicted molar refractivity (Wildman–Crippen MR) is 168 cm³/mol. The van der Waals surface area contributed by atoms with Gasteiger partial charge in [-0.05, 0) is 67.0 Å². The number of hydrogen-bond donors (Lipinski definition) is 4. The third-order valence-corrected chi connectivity index (χ3v) is 8.10. The lowest BCUT2D eigenvalue weighted by molar-refractivity contribution is -0.131. The molecule has 0 bridgehead atoms. The summed E-state index contributed by atoms with van der Waals surface area (Å²) in [5.41, 5.74) is 2.52. The van der Waals surface area contributed by atoms with E-state index in [1.807, 2.05) is 51.1 Å². The van der Waals surface area contributed by atoms with E-state index in [0.29, 0.717) is 35.8 Å². The van der Waals surface area contributed by atoms with E-state index in [-0.39, 0.29) is 35.6 Å². The lowest BCUT2D eigenvalue weighted by Crippen LogP contribution is -2.55. The molecule has 0 saturated heterocycles. The van der Waals surface area contributed by atoms with Gasteiger partial charge in [0.2, 0.25) is 11.8 Å². The van der Waals surface area contributed by atoms with Crippen molar-refractivity contribution in [2.75, 3.05) is 5.32 Å². The van der Waals surface area contributed by atoms with Crippen molar-refractivity contribution < 1.29 is 18.9 Å². The van der Waals surface area contributed by atoms with E-state index >= 15 is 0 Å². The molecule has 1 heterocycles. The number of rotatable bonds is 13. The number of nitrogens with zero attached hydrogens (tertiary/aromatic N) is 1. The molecule has 4 N–H and O–H groups in total. The van der Waals surface area contributed by atoms with Crippen molar-refractivity contribution in [3.05, 3.63) is 82.6 Å². The summed E-state index contributed by atoms with van der Waals surface area (Å²) in [6.45, 7) is 6.39. The first-order valence-corrected chi connectivity index (χ1v) is 15.5. The van der Waals surface area contributed by atoms with Gasteiger partial charge in [0.15, 0.2) is 5.82 Å². The van der Waals surface area contributed by atoms with Gasteiger partial charge in [-0.15, -0.1) is 0 Å². The van der Waals surface area contributed by atoms with Crippen LogP contribution in [0.5, 0.6) is 0 Å². The molecule has 1 saturated carbocycles. The molecule has 0 aliphatic heterocycles. The Balaban J connectivity index is 1.36. The summed E-state index contributed by atoms with van der Waals surface area (Å²) >= 11 is 6.27. The molecule has 2 aromatic carbocycles. The predicted octanol–water partition coefficient (Wildman–Crippen LogP) is 5.82. The van der Waals surface area contributed by atoms with Crippen LogP contribution in [0.25, 0.3) is 0 Å². The zero-order chi connectivity index (χ0) is 30.8. The van der Waals surface area contributed by atoms with Gasteiger partial charge in [0.25, 0.3) is 5.91 Å². The van der Waals surface area contributed by atoms with Crippen molar-refractivity contribution >= 4 is 35.1 Å². The second kappa shape index (κ2) is 15.6. The van der Waals surface area contributed by atoms with Crippen LogP contribution in [0, 0.1) is 5.92 Å². The van der Waals surface area contributed by atoms with Crippen LogP contribution in [-0.2, 0) is 16.1 Å². The molecule has 230 valence electrons. The normalized spacial score (nSPS) is 18.0. The average Bonchev–Trinajstić information content (AvgIpc) is 3.52. The average molecular weight is 608 g/mol. The van der Waals surface area contributed by atoms with Gasteiger partial charge in [-0.2, -0.15) is 0 Å². The smallest absolute Gasteiger partial charge is 0.251 e. The second-order valence-corrected chi connectivity index (χ2v) is 12.1. The van der Waals surface area contributed by atoms with Gasteiger partial charge < -0.3 is 25.8 Å². The highest BCUT2D eigenvalue weighted by Gasteiger charge is 2.32. The molecule has 1 aliphatic rings. The van der Waals surface area contributed by atoms with E-state index in [1.165, 1.54) is 6.26 Å².